The van der Waals surface area contributed by atoms with Crippen molar-refractivity contribution in [2.75, 3.05) is 6.26 Å². The third kappa shape index (κ3) is 1.98. The van der Waals surface area contributed by atoms with Crippen molar-refractivity contribution >= 4 is 17.6 Å². The van der Waals surface area contributed by atoms with Gasteiger partial charge in [0, 0.05) is 4.90 Å². The monoisotopic (exact) mass is 167 g/mol. The fourth-order valence-electron chi connectivity index (χ4n) is 0.783. The minimum atomic E-state index is 0.373. The summed E-state index contributed by atoms with van der Waals surface area (Å²) in [6, 6.07) is 7.84. The largest absolute Gasteiger partial charge is 0.287 e. The second-order valence-corrected chi connectivity index (χ2v) is 3.06. The Balaban J connectivity index is 2.91. The van der Waals surface area contributed by atoms with E-state index in [1.807, 2.05) is 30.5 Å². The molecule has 2 nitrogen and oxygen atoms in total. The van der Waals surface area contributed by atoms with Gasteiger partial charge in [0.25, 0.3) is 5.84 Å². The summed E-state index contributed by atoms with van der Waals surface area (Å²) >= 11 is 1.70. The minimum Gasteiger partial charge on any atom is -0.287 e. The van der Waals surface area contributed by atoms with Gasteiger partial charge >= 0.3 is 0 Å². The van der Waals surface area contributed by atoms with Crippen molar-refractivity contribution in [1.82, 2.24) is 0 Å². The molecule has 0 radical (unpaired) electrons. The third-order valence-electron chi connectivity index (χ3n) is 1.42. The van der Waals surface area contributed by atoms with Crippen molar-refractivity contribution < 1.29 is 5.41 Å². The lowest BCUT2D eigenvalue weighted by Crippen LogP contribution is -2.46. The Morgan fingerprint density at radius 3 is 2.27 bits per heavy atom. The first kappa shape index (κ1) is 8.14. The van der Waals surface area contributed by atoms with Gasteiger partial charge in [0.05, 0.1) is 5.56 Å². The van der Waals surface area contributed by atoms with E-state index in [0.29, 0.717) is 5.84 Å². The summed E-state index contributed by atoms with van der Waals surface area (Å²) in [5, 5.41) is 5.39. The summed E-state index contributed by atoms with van der Waals surface area (Å²) in [6.45, 7) is 0. The second-order valence-electron chi connectivity index (χ2n) is 2.18. The van der Waals surface area contributed by atoms with E-state index in [1.54, 1.807) is 11.8 Å². The van der Waals surface area contributed by atoms with Crippen molar-refractivity contribution in [2.24, 2.45) is 5.73 Å². The standard InChI is InChI=1S/C8H10N2S/c1-11-7-4-2-6(3-5-7)8(9)10/h2-5H,1H3,(H3,9,10)/p+1. The molecule has 11 heavy (non-hydrogen) atoms. The van der Waals surface area contributed by atoms with Crippen LogP contribution < -0.4 is 11.1 Å². The van der Waals surface area contributed by atoms with Gasteiger partial charge in [0.1, 0.15) is 0 Å². The van der Waals surface area contributed by atoms with Crippen LogP contribution in [0.5, 0.6) is 0 Å². The molecule has 0 fully saturated rings. The van der Waals surface area contributed by atoms with Gasteiger partial charge in [-0.3, -0.25) is 11.1 Å². The van der Waals surface area contributed by atoms with Gasteiger partial charge in [-0.1, -0.05) is 0 Å². The molecule has 0 amide bonds. The highest BCUT2D eigenvalue weighted by Crippen LogP contribution is 2.13. The summed E-state index contributed by atoms with van der Waals surface area (Å²) in [4.78, 5) is 1.22. The highest BCUT2D eigenvalue weighted by molar-refractivity contribution is 7.98. The molecule has 3 heteroatoms. The molecule has 1 aromatic rings. The van der Waals surface area contributed by atoms with Crippen molar-refractivity contribution in [1.29, 1.82) is 0 Å². The Labute approximate surface area is 70.3 Å². The lowest BCUT2D eigenvalue weighted by molar-refractivity contribution is -0.114. The van der Waals surface area contributed by atoms with Gasteiger partial charge in [0.15, 0.2) is 0 Å². The Hall–Kier alpha value is -0.960. The van der Waals surface area contributed by atoms with E-state index in [-0.39, 0.29) is 0 Å². The quantitative estimate of drug-likeness (QED) is 0.366. The predicted molar refractivity (Wildman–Crippen MR) is 48.4 cm³/mol. The summed E-state index contributed by atoms with van der Waals surface area (Å²) in [7, 11) is 0. The lowest BCUT2D eigenvalue weighted by atomic mass is 10.2. The minimum absolute atomic E-state index is 0.373. The van der Waals surface area contributed by atoms with E-state index >= 15 is 0 Å². The van der Waals surface area contributed by atoms with Crippen molar-refractivity contribution in [3.05, 3.63) is 29.8 Å². The number of rotatable bonds is 2. The second kappa shape index (κ2) is 3.44. The Bertz CT molecular complexity index is 253. The summed E-state index contributed by atoms with van der Waals surface area (Å²) < 4.78 is 0. The topological polar surface area (TPSA) is 51.6 Å². The van der Waals surface area contributed by atoms with Crippen molar-refractivity contribution in [3.8, 4) is 0 Å². The van der Waals surface area contributed by atoms with Crippen LogP contribution in [0.25, 0.3) is 0 Å². The molecule has 0 atom stereocenters. The molecule has 0 heterocycles. The lowest BCUT2D eigenvalue weighted by Gasteiger charge is -1.95. The van der Waals surface area contributed by atoms with E-state index in [4.69, 9.17) is 11.1 Å². The van der Waals surface area contributed by atoms with Crippen LogP contribution in [0.4, 0.5) is 0 Å². The molecule has 0 spiro atoms. The van der Waals surface area contributed by atoms with Crippen LogP contribution in [0, 0.1) is 0 Å². The van der Waals surface area contributed by atoms with Crippen LogP contribution in [0.3, 0.4) is 0 Å². The van der Waals surface area contributed by atoms with Crippen molar-refractivity contribution in [3.63, 3.8) is 0 Å². The van der Waals surface area contributed by atoms with Gasteiger partial charge in [-0.05, 0) is 30.5 Å². The normalized spacial score (nSPS) is 9.55. The molecule has 0 aliphatic carbocycles. The fraction of sp³-hybridized carbons (Fsp3) is 0.125. The summed E-state index contributed by atoms with van der Waals surface area (Å²) in [6.07, 6.45) is 2.03. The van der Waals surface area contributed by atoms with E-state index in [0.717, 1.165) is 5.56 Å². The Morgan fingerprint density at radius 2 is 1.91 bits per heavy atom. The first-order valence-corrected chi connectivity index (χ1v) is 4.49. The SMILES string of the molecule is CSc1ccc(C(N)=[NH2+])cc1. The number of amidine groups is 1. The van der Waals surface area contributed by atoms with E-state index < -0.39 is 0 Å². The maximum Gasteiger partial charge on any atom is 0.270 e. The van der Waals surface area contributed by atoms with Crippen LogP contribution in [0.1, 0.15) is 5.56 Å². The first-order valence-electron chi connectivity index (χ1n) is 3.26. The fourth-order valence-corrected chi connectivity index (χ4v) is 1.19. The van der Waals surface area contributed by atoms with E-state index in [1.165, 1.54) is 4.90 Å². The first-order chi connectivity index (χ1) is 5.24. The van der Waals surface area contributed by atoms with Crippen molar-refractivity contribution in [2.45, 2.75) is 4.90 Å². The van der Waals surface area contributed by atoms with Gasteiger partial charge in [-0.15, -0.1) is 11.8 Å². The summed E-state index contributed by atoms with van der Waals surface area (Å²) in [5.41, 5.74) is 6.28. The molecule has 0 aliphatic rings. The molecule has 0 aromatic heterocycles. The molecule has 0 aliphatic heterocycles. The number of benzene rings is 1. The average molecular weight is 167 g/mol. The highest BCUT2D eigenvalue weighted by Gasteiger charge is 1.99. The highest BCUT2D eigenvalue weighted by atomic mass is 32.2. The number of nitrogens with two attached hydrogens (primary N) is 2. The Morgan fingerprint density at radius 1 is 1.36 bits per heavy atom. The van der Waals surface area contributed by atoms with Crippen LogP contribution in [0.15, 0.2) is 29.2 Å². The van der Waals surface area contributed by atoms with Gasteiger partial charge in [-0.2, -0.15) is 0 Å². The van der Waals surface area contributed by atoms with Crippen LogP contribution in [-0.2, 0) is 0 Å². The predicted octanol–water partition coefficient (Wildman–Crippen LogP) is -0.127. The maximum absolute atomic E-state index is 5.39. The molecule has 0 unspecified atom stereocenters. The third-order valence-corrected chi connectivity index (χ3v) is 2.17. The van der Waals surface area contributed by atoms with Crippen LogP contribution in [-0.4, -0.2) is 12.1 Å². The Kier molecular flexibility index (Phi) is 2.54. The zero-order chi connectivity index (χ0) is 8.27. The molecule has 0 bridgehead atoms. The van der Waals surface area contributed by atoms with Gasteiger partial charge in [-0.25, -0.2) is 0 Å². The molecular weight excluding hydrogens is 156 g/mol. The molecule has 4 N–H and O–H groups in total. The molecule has 0 saturated heterocycles. The van der Waals surface area contributed by atoms with E-state index in [9.17, 15) is 0 Å². The van der Waals surface area contributed by atoms with Crippen LogP contribution in [0.2, 0.25) is 0 Å². The summed E-state index contributed by atoms with van der Waals surface area (Å²) in [5.74, 6) is 0.373. The maximum atomic E-state index is 5.39. The van der Waals surface area contributed by atoms with Gasteiger partial charge < -0.3 is 0 Å². The number of hydrogen-bond acceptors (Lipinski definition) is 1. The molecule has 58 valence electrons. The smallest absolute Gasteiger partial charge is 0.270 e. The average Bonchev–Trinajstić information content (AvgIpc) is 2.05. The van der Waals surface area contributed by atoms with Crippen LogP contribution >= 0.6 is 11.8 Å². The van der Waals surface area contributed by atoms with E-state index in [2.05, 4.69) is 0 Å². The molecule has 0 saturated carbocycles. The zero-order valence-corrected chi connectivity index (χ0v) is 7.19. The van der Waals surface area contributed by atoms with Gasteiger partial charge in [0.2, 0.25) is 0 Å². The zero-order valence-electron chi connectivity index (χ0n) is 6.37. The molecule has 1 aromatic carbocycles. The number of thioether (sulfide) groups is 1. The molecule has 1 rings (SSSR count). The molecular formula is C8H11N2S+. The number of hydrogen-bond donors (Lipinski definition) is 2.